The summed E-state index contributed by atoms with van der Waals surface area (Å²) in [5.74, 6) is -0.186. The Kier molecular flexibility index (Phi) is 5.89. The van der Waals surface area contributed by atoms with Crippen molar-refractivity contribution in [1.82, 2.24) is 15.0 Å². The van der Waals surface area contributed by atoms with E-state index in [1.165, 1.54) is 0 Å². The van der Waals surface area contributed by atoms with Crippen LogP contribution in [0.3, 0.4) is 0 Å². The fourth-order valence-corrected chi connectivity index (χ4v) is 3.54. The van der Waals surface area contributed by atoms with E-state index in [9.17, 15) is 26.3 Å². The molecule has 2 heterocycles. The Morgan fingerprint density at radius 2 is 1.18 bits per heavy atom. The molecule has 2 aromatic heterocycles. The van der Waals surface area contributed by atoms with Gasteiger partial charge in [-0.2, -0.15) is 26.3 Å². The lowest BCUT2D eigenvalue weighted by atomic mass is 10.0. The number of halogens is 6. The number of aryl methyl sites for hydroxylation is 2. The zero-order chi connectivity index (χ0) is 24.7. The molecule has 34 heavy (non-hydrogen) atoms. The first-order valence-corrected chi connectivity index (χ1v) is 10.1. The van der Waals surface area contributed by atoms with Gasteiger partial charge in [-0.1, -0.05) is 30.3 Å². The third-order valence-corrected chi connectivity index (χ3v) is 5.06. The van der Waals surface area contributed by atoms with Crippen LogP contribution in [0.1, 0.15) is 22.6 Å². The first-order chi connectivity index (χ1) is 15.9. The Bertz CT molecular complexity index is 1320. The fourth-order valence-electron chi connectivity index (χ4n) is 3.54. The van der Waals surface area contributed by atoms with Crippen LogP contribution < -0.4 is 0 Å². The average Bonchev–Trinajstić information content (AvgIpc) is 2.77. The highest BCUT2D eigenvalue weighted by molar-refractivity contribution is 5.72. The predicted molar refractivity (Wildman–Crippen MR) is 116 cm³/mol. The molecule has 2 aromatic carbocycles. The number of nitrogens with zero attached hydrogens (tertiary/aromatic N) is 3. The standard InChI is InChI=1S/C25H17F6N3/c1-14-10-19(11-15(2)32-14)17-4-3-5-18(12-17)23-33-21(13-22(34-23)25(29,30)31)16-6-8-20(9-7-16)24(26,27)28/h3-13H,1-2H3. The lowest BCUT2D eigenvalue weighted by molar-refractivity contribution is -0.141. The van der Waals surface area contributed by atoms with Gasteiger partial charge in [0, 0.05) is 22.5 Å². The van der Waals surface area contributed by atoms with Crippen LogP contribution in [0.5, 0.6) is 0 Å². The summed E-state index contributed by atoms with van der Waals surface area (Å²) in [6.45, 7) is 3.68. The van der Waals surface area contributed by atoms with E-state index in [1.54, 1.807) is 18.2 Å². The first-order valence-electron chi connectivity index (χ1n) is 10.1. The lowest BCUT2D eigenvalue weighted by Crippen LogP contribution is -2.10. The molecule has 0 aliphatic rings. The van der Waals surface area contributed by atoms with Gasteiger partial charge in [-0.25, -0.2) is 9.97 Å². The van der Waals surface area contributed by atoms with Gasteiger partial charge in [0.1, 0.15) is 5.69 Å². The fraction of sp³-hybridized carbons (Fsp3) is 0.160. The first kappa shape index (κ1) is 23.4. The van der Waals surface area contributed by atoms with Gasteiger partial charge >= 0.3 is 12.4 Å². The molecule has 0 aliphatic carbocycles. The summed E-state index contributed by atoms with van der Waals surface area (Å²) in [7, 11) is 0. The lowest BCUT2D eigenvalue weighted by Gasteiger charge is -2.13. The highest BCUT2D eigenvalue weighted by Crippen LogP contribution is 2.35. The molecule has 0 saturated heterocycles. The Labute approximate surface area is 191 Å². The molecule has 4 rings (SSSR count). The smallest absolute Gasteiger partial charge is 0.258 e. The molecule has 0 aliphatic heterocycles. The van der Waals surface area contributed by atoms with E-state index in [4.69, 9.17) is 0 Å². The minimum atomic E-state index is -4.77. The van der Waals surface area contributed by atoms with Gasteiger partial charge < -0.3 is 0 Å². The number of pyridine rings is 1. The van der Waals surface area contributed by atoms with Crippen LogP contribution in [0.4, 0.5) is 26.3 Å². The molecular formula is C25H17F6N3. The van der Waals surface area contributed by atoms with Crippen molar-refractivity contribution in [1.29, 1.82) is 0 Å². The predicted octanol–water partition coefficient (Wildman–Crippen LogP) is 7.53. The van der Waals surface area contributed by atoms with Gasteiger partial charge in [-0.3, -0.25) is 4.98 Å². The average molecular weight is 473 g/mol. The van der Waals surface area contributed by atoms with Gasteiger partial charge in [0.2, 0.25) is 0 Å². The van der Waals surface area contributed by atoms with Crippen molar-refractivity contribution in [2.75, 3.05) is 0 Å². The third kappa shape index (κ3) is 5.08. The zero-order valence-corrected chi connectivity index (χ0v) is 18.0. The molecule has 0 N–H and O–H groups in total. The second-order valence-corrected chi connectivity index (χ2v) is 7.75. The monoisotopic (exact) mass is 473 g/mol. The van der Waals surface area contributed by atoms with Crippen molar-refractivity contribution in [2.45, 2.75) is 26.2 Å². The van der Waals surface area contributed by atoms with E-state index in [2.05, 4.69) is 15.0 Å². The van der Waals surface area contributed by atoms with Gasteiger partial charge in [0.25, 0.3) is 0 Å². The Morgan fingerprint density at radius 1 is 0.559 bits per heavy atom. The maximum Gasteiger partial charge on any atom is 0.433 e. The second-order valence-electron chi connectivity index (χ2n) is 7.75. The van der Waals surface area contributed by atoms with E-state index in [0.717, 1.165) is 52.8 Å². The molecular weight excluding hydrogens is 456 g/mol. The number of hydrogen-bond donors (Lipinski definition) is 0. The molecule has 0 bridgehead atoms. The number of rotatable bonds is 3. The molecule has 174 valence electrons. The van der Waals surface area contributed by atoms with Gasteiger partial charge in [0.15, 0.2) is 5.82 Å². The van der Waals surface area contributed by atoms with Crippen molar-refractivity contribution in [3.63, 3.8) is 0 Å². The van der Waals surface area contributed by atoms with Crippen LogP contribution in [-0.4, -0.2) is 15.0 Å². The molecule has 3 nitrogen and oxygen atoms in total. The van der Waals surface area contributed by atoms with Crippen LogP contribution in [0, 0.1) is 13.8 Å². The Morgan fingerprint density at radius 3 is 1.76 bits per heavy atom. The van der Waals surface area contributed by atoms with Crippen LogP contribution in [-0.2, 0) is 12.4 Å². The van der Waals surface area contributed by atoms with Crippen molar-refractivity contribution in [3.8, 4) is 33.8 Å². The molecule has 0 saturated carbocycles. The van der Waals surface area contributed by atoms with E-state index in [0.29, 0.717) is 5.56 Å². The maximum atomic E-state index is 13.6. The molecule has 0 radical (unpaired) electrons. The number of benzene rings is 2. The molecule has 0 fully saturated rings. The summed E-state index contributed by atoms with van der Waals surface area (Å²) in [5, 5.41) is 0. The normalized spacial score (nSPS) is 12.1. The molecule has 4 aromatic rings. The van der Waals surface area contributed by atoms with Crippen LogP contribution >= 0.6 is 0 Å². The molecule has 0 amide bonds. The summed E-state index contributed by atoms with van der Waals surface area (Å²) < 4.78 is 79.4. The zero-order valence-electron chi connectivity index (χ0n) is 18.0. The highest BCUT2D eigenvalue weighted by Gasteiger charge is 2.34. The van der Waals surface area contributed by atoms with Crippen LogP contribution in [0.15, 0.2) is 66.7 Å². The number of aromatic nitrogens is 3. The van der Waals surface area contributed by atoms with E-state index < -0.39 is 23.6 Å². The highest BCUT2D eigenvalue weighted by atomic mass is 19.4. The largest absolute Gasteiger partial charge is 0.433 e. The van der Waals surface area contributed by atoms with Crippen molar-refractivity contribution >= 4 is 0 Å². The van der Waals surface area contributed by atoms with Gasteiger partial charge in [0.05, 0.1) is 11.3 Å². The van der Waals surface area contributed by atoms with E-state index >= 15 is 0 Å². The minimum absolute atomic E-state index is 0.110. The molecule has 0 unspecified atom stereocenters. The van der Waals surface area contributed by atoms with Crippen LogP contribution in [0.25, 0.3) is 33.8 Å². The molecule has 0 spiro atoms. The quantitative estimate of drug-likeness (QED) is 0.289. The third-order valence-electron chi connectivity index (χ3n) is 5.06. The summed E-state index contributed by atoms with van der Waals surface area (Å²) in [5.41, 5.74) is 1.38. The SMILES string of the molecule is Cc1cc(-c2cccc(-c3nc(-c4ccc(C(F)(F)F)cc4)cc(C(F)(F)F)n3)c2)cc(C)n1. The van der Waals surface area contributed by atoms with E-state index in [1.807, 2.05) is 32.0 Å². The summed E-state index contributed by atoms with van der Waals surface area (Å²) in [6.07, 6.45) is -9.33. The molecule has 9 heteroatoms. The van der Waals surface area contributed by atoms with Crippen molar-refractivity contribution in [2.24, 2.45) is 0 Å². The number of hydrogen-bond acceptors (Lipinski definition) is 3. The van der Waals surface area contributed by atoms with Crippen molar-refractivity contribution < 1.29 is 26.3 Å². The van der Waals surface area contributed by atoms with Gasteiger partial charge in [-0.15, -0.1) is 0 Å². The maximum absolute atomic E-state index is 13.6. The Balaban J connectivity index is 1.83. The summed E-state index contributed by atoms with van der Waals surface area (Å²) in [6, 6.07) is 15.0. The van der Waals surface area contributed by atoms with E-state index in [-0.39, 0.29) is 17.1 Å². The van der Waals surface area contributed by atoms with Gasteiger partial charge in [-0.05, 0) is 61.4 Å². The Hall–Kier alpha value is -3.75. The minimum Gasteiger partial charge on any atom is -0.258 e. The summed E-state index contributed by atoms with van der Waals surface area (Å²) in [4.78, 5) is 12.3. The summed E-state index contributed by atoms with van der Waals surface area (Å²) >= 11 is 0. The molecule has 0 atom stereocenters. The topological polar surface area (TPSA) is 38.7 Å². The number of alkyl halides is 6. The second kappa shape index (κ2) is 8.55. The van der Waals surface area contributed by atoms with Crippen molar-refractivity contribution in [3.05, 3.63) is 89.4 Å². The van der Waals surface area contributed by atoms with Crippen LogP contribution in [0.2, 0.25) is 0 Å².